The van der Waals surface area contributed by atoms with Gasteiger partial charge in [0.15, 0.2) is 0 Å². The van der Waals surface area contributed by atoms with Crippen LogP contribution in [0.2, 0.25) is 0 Å². The zero-order valence-corrected chi connectivity index (χ0v) is 24.5. The molecule has 0 aromatic rings. The Labute approximate surface area is 221 Å². The predicted molar refractivity (Wildman–Crippen MR) is 150 cm³/mol. The molecule has 0 bridgehead atoms. The van der Waals surface area contributed by atoms with E-state index in [4.69, 9.17) is 14.2 Å². The molecule has 0 aliphatic carbocycles. The normalized spacial score (nSPS) is 33.0. The lowest BCUT2D eigenvalue weighted by molar-refractivity contribution is -0.0767. The van der Waals surface area contributed by atoms with E-state index in [0.29, 0.717) is 0 Å². The Morgan fingerprint density at radius 2 is 0.917 bits per heavy atom. The van der Waals surface area contributed by atoms with Crippen LogP contribution in [0.15, 0.2) is 37.0 Å². The molecule has 0 saturated carbocycles. The first-order chi connectivity index (χ1) is 16.6. The topological polar surface area (TPSA) is 37.4 Å². The maximum absolute atomic E-state index is 6.56. The fraction of sp³-hybridized carbons (Fsp3) is 0.800. The second kappa shape index (κ2) is 11.8. The van der Waals surface area contributed by atoms with E-state index in [-0.39, 0.29) is 47.1 Å². The fourth-order valence-corrected chi connectivity index (χ4v) is 5.08. The standard InChI is InChI=1S/C30H53N3O3/c1-11-23-18-32(29(5,6)7)20-25(35-23)14-15-27-22-33(30(8,9)10)21-26(36-27)13-12-24-19-31(16-17-34-24)28(2,3)4/h11-15,23-27H,1,16-22H2,2-10H3/b13-12+,15-14+/t23-,24?,25?,26?,27+/m1/s1. The molecule has 3 aliphatic rings. The van der Waals surface area contributed by atoms with Crippen molar-refractivity contribution in [1.82, 2.24) is 14.7 Å². The highest BCUT2D eigenvalue weighted by Crippen LogP contribution is 2.25. The molecule has 3 heterocycles. The van der Waals surface area contributed by atoms with Crippen molar-refractivity contribution in [3.05, 3.63) is 37.0 Å². The van der Waals surface area contributed by atoms with E-state index >= 15 is 0 Å². The Kier molecular flexibility index (Phi) is 9.68. The van der Waals surface area contributed by atoms with Gasteiger partial charge >= 0.3 is 0 Å². The highest BCUT2D eigenvalue weighted by Gasteiger charge is 2.34. The van der Waals surface area contributed by atoms with Crippen LogP contribution in [0.4, 0.5) is 0 Å². The first kappa shape index (κ1) is 29.5. The lowest BCUT2D eigenvalue weighted by Gasteiger charge is -2.45. The summed E-state index contributed by atoms with van der Waals surface area (Å²) in [6, 6.07) is 0. The van der Waals surface area contributed by atoms with Crippen LogP contribution < -0.4 is 0 Å². The second-order valence-corrected chi connectivity index (χ2v) is 13.6. The van der Waals surface area contributed by atoms with E-state index in [0.717, 1.165) is 45.9 Å². The minimum Gasteiger partial charge on any atom is -0.371 e. The lowest BCUT2D eigenvalue weighted by Crippen LogP contribution is -2.55. The minimum absolute atomic E-state index is 0.0155. The Morgan fingerprint density at radius 1 is 0.556 bits per heavy atom. The molecule has 3 unspecified atom stereocenters. The third-order valence-electron chi connectivity index (χ3n) is 7.58. The Hall–Kier alpha value is -1.02. The molecule has 6 nitrogen and oxygen atoms in total. The first-order valence-corrected chi connectivity index (χ1v) is 13.8. The van der Waals surface area contributed by atoms with Crippen molar-refractivity contribution in [1.29, 1.82) is 0 Å². The number of morpholine rings is 3. The van der Waals surface area contributed by atoms with E-state index in [9.17, 15) is 0 Å². The van der Waals surface area contributed by atoms with Gasteiger partial charge in [0.1, 0.15) is 0 Å². The molecule has 0 aromatic heterocycles. The predicted octanol–water partition coefficient (Wildman–Crippen LogP) is 4.52. The van der Waals surface area contributed by atoms with Gasteiger partial charge in [-0.2, -0.15) is 0 Å². The summed E-state index contributed by atoms with van der Waals surface area (Å²) in [7, 11) is 0. The quantitative estimate of drug-likeness (QED) is 0.514. The van der Waals surface area contributed by atoms with Gasteiger partial charge in [-0.3, -0.25) is 14.7 Å². The van der Waals surface area contributed by atoms with Gasteiger partial charge in [0.2, 0.25) is 0 Å². The van der Waals surface area contributed by atoms with Crippen LogP contribution in [0.3, 0.4) is 0 Å². The van der Waals surface area contributed by atoms with Crippen LogP contribution in [0, 0.1) is 0 Å². The molecular formula is C30H53N3O3. The van der Waals surface area contributed by atoms with Crippen LogP contribution >= 0.6 is 0 Å². The summed E-state index contributed by atoms with van der Waals surface area (Å²) in [5.74, 6) is 0. The smallest absolute Gasteiger partial charge is 0.0892 e. The van der Waals surface area contributed by atoms with Crippen molar-refractivity contribution in [3.63, 3.8) is 0 Å². The van der Waals surface area contributed by atoms with Gasteiger partial charge in [-0.1, -0.05) is 30.4 Å². The highest BCUT2D eigenvalue weighted by atomic mass is 16.5. The Bertz CT molecular complexity index is 774. The van der Waals surface area contributed by atoms with Gasteiger partial charge in [-0.25, -0.2) is 0 Å². The summed E-state index contributed by atoms with van der Waals surface area (Å²) < 4.78 is 18.9. The molecular weight excluding hydrogens is 450 g/mol. The van der Waals surface area contributed by atoms with E-state index < -0.39 is 0 Å². The van der Waals surface area contributed by atoms with E-state index in [1.54, 1.807) is 0 Å². The largest absolute Gasteiger partial charge is 0.371 e. The van der Waals surface area contributed by atoms with Gasteiger partial charge in [-0.05, 0) is 62.3 Å². The van der Waals surface area contributed by atoms with Crippen LogP contribution in [-0.2, 0) is 14.2 Å². The third-order valence-corrected chi connectivity index (χ3v) is 7.58. The van der Waals surface area contributed by atoms with Gasteiger partial charge in [0, 0.05) is 55.9 Å². The number of hydrogen-bond donors (Lipinski definition) is 0. The summed E-state index contributed by atoms with van der Waals surface area (Å²) in [6.45, 7) is 30.7. The van der Waals surface area contributed by atoms with Gasteiger partial charge in [0.05, 0.1) is 37.1 Å². The maximum atomic E-state index is 6.56. The molecule has 0 amide bonds. The minimum atomic E-state index is 0.0155. The van der Waals surface area contributed by atoms with E-state index in [1.165, 1.54) is 0 Å². The number of nitrogens with zero attached hydrogens (tertiary/aromatic N) is 3. The van der Waals surface area contributed by atoms with Crippen molar-refractivity contribution in [3.8, 4) is 0 Å². The first-order valence-electron chi connectivity index (χ1n) is 13.8. The molecule has 0 radical (unpaired) electrons. The molecule has 3 rings (SSSR count). The van der Waals surface area contributed by atoms with Crippen LogP contribution in [-0.4, -0.2) is 108 Å². The van der Waals surface area contributed by atoms with Crippen molar-refractivity contribution in [2.75, 3.05) is 45.9 Å². The van der Waals surface area contributed by atoms with Crippen LogP contribution in [0.25, 0.3) is 0 Å². The molecule has 3 fully saturated rings. The molecule has 206 valence electrons. The molecule has 6 heteroatoms. The van der Waals surface area contributed by atoms with Gasteiger partial charge in [-0.15, -0.1) is 6.58 Å². The highest BCUT2D eigenvalue weighted by molar-refractivity contribution is 5.07. The van der Waals surface area contributed by atoms with Crippen molar-refractivity contribution in [2.24, 2.45) is 0 Å². The summed E-state index contributed by atoms with van der Waals surface area (Å²) in [4.78, 5) is 7.51. The summed E-state index contributed by atoms with van der Waals surface area (Å²) >= 11 is 0. The maximum Gasteiger partial charge on any atom is 0.0892 e. The monoisotopic (exact) mass is 503 g/mol. The zero-order valence-electron chi connectivity index (χ0n) is 24.5. The average molecular weight is 504 g/mol. The Morgan fingerprint density at radius 3 is 1.33 bits per heavy atom. The lowest BCUT2D eigenvalue weighted by atomic mass is 10.0. The average Bonchev–Trinajstić information content (AvgIpc) is 2.79. The van der Waals surface area contributed by atoms with Crippen molar-refractivity contribution in [2.45, 2.75) is 109 Å². The molecule has 0 N–H and O–H groups in total. The van der Waals surface area contributed by atoms with E-state index in [1.807, 2.05) is 6.08 Å². The SMILES string of the molecule is C=C[C@@H]1CN(C(C)(C)C)CC(/C=C/[C@H]2CN(C(C)(C)C)CC(/C=C/C3CN(C(C)(C)C)CCO3)O2)O1. The molecule has 0 spiro atoms. The second-order valence-electron chi connectivity index (χ2n) is 13.6. The van der Waals surface area contributed by atoms with Crippen LogP contribution in [0.1, 0.15) is 62.3 Å². The zero-order chi connectivity index (χ0) is 26.7. The molecule has 3 aliphatic heterocycles. The van der Waals surface area contributed by atoms with Gasteiger partial charge < -0.3 is 14.2 Å². The third kappa shape index (κ3) is 8.50. The van der Waals surface area contributed by atoms with Gasteiger partial charge in [0.25, 0.3) is 0 Å². The van der Waals surface area contributed by atoms with E-state index in [2.05, 4.69) is 108 Å². The van der Waals surface area contributed by atoms with Crippen LogP contribution in [0.5, 0.6) is 0 Å². The van der Waals surface area contributed by atoms with Crippen molar-refractivity contribution < 1.29 is 14.2 Å². The molecule has 0 aromatic carbocycles. The number of hydrogen-bond acceptors (Lipinski definition) is 6. The van der Waals surface area contributed by atoms with Crippen molar-refractivity contribution >= 4 is 0 Å². The summed E-state index contributed by atoms with van der Waals surface area (Å²) in [5, 5.41) is 0. The summed E-state index contributed by atoms with van der Waals surface area (Å²) in [5.41, 5.74) is 0.330. The Balaban J connectivity index is 1.67. The molecule has 5 atom stereocenters. The molecule has 3 saturated heterocycles. The summed E-state index contributed by atoms with van der Waals surface area (Å²) in [6.07, 6.45) is 11.0. The molecule has 36 heavy (non-hydrogen) atoms. The number of rotatable bonds is 5. The fourth-order valence-electron chi connectivity index (χ4n) is 5.08. The number of ether oxygens (including phenoxy) is 3.